The lowest BCUT2D eigenvalue weighted by Gasteiger charge is -2.14. The lowest BCUT2D eigenvalue weighted by atomic mass is 10.3. The predicted octanol–water partition coefficient (Wildman–Crippen LogP) is 4.20. The van der Waals surface area contributed by atoms with Crippen LogP contribution in [0.3, 0.4) is 0 Å². The first-order valence-corrected chi connectivity index (χ1v) is 9.62. The quantitative estimate of drug-likeness (QED) is 0.721. The van der Waals surface area contributed by atoms with E-state index in [0.717, 1.165) is 25.0 Å². The Kier molecular flexibility index (Phi) is 6.64. The van der Waals surface area contributed by atoms with Gasteiger partial charge < -0.3 is 9.47 Å². The van der Waals surface area contributed by atoms with Crippen LogP contribution in [0, 0.1) is 5.82 Å². The molecule has 2 aromatic rings. The molecule has 5 nitrogen and oxygen atoms in total. The highest BCUT2D eigenvalue weighted by Crippen LogP contribution is 2.31. The summed E-state index contributed by atoms with van der Waals surface area (Å²) in [6.07, 6.45) is 1.67. The lowest BCUT2D eigenvalue weighted by molar-refractivity contribution is 0.268. The van der Waals surface area contributed by atoms with Crippen molar-refractivity contribution in [3.05, 3.63) is 48.3 Å². The predicted molar refractivity (Wildman–Crippen MR) is 95.2 cm³/mol. The number of hydrogen-bond acceptors (Lipinski definition) is 4. The molecular weight excluding hydrogens is 345 g/mol. The fourth-order valence-corrected chi connectivity index (χ4v) is 3.10. The topological polar surface area (TPSA) is 64.6 Å². The molecule has 1 N–H and O–H groups in total. The van der Waals surface area contributed by atoms with E-state index in [0.29, 0.717) is 30.4 Å². The molecule has 0 saturated heterocycles. The Hall–Kier alpha value is -2.28. The molecule has 0 amide bonds. The Labute approximate surface area is 147 Å². The number of anilines is 1. The summed E-state index contributed by atoms with van der Waals surface area (Å²) >= 11 is 0. The molecule has 0 aliphatic carbocycles. The van der Waals surface area contributed by atoms with Crippen molar-refractivity contribution >= 4 is 15.7 Å². The minimum absolute atomic E-state index is 0.0174. The van der Waals surface area contributed by atoms with Gasteiger partial charge in [0, 0.05) is 6.07 Å². The summed E-state index contributed by atoms with van der Waals surface area (Å²) in [5.74, 6) is 0.557. The Morgan fingerprint density at radius 1 is 0.920 bits per heavy atom. The largest absolute Gasteiger partial charge is 0.490 e. The summed E-state index contributed by atoms with van der Waals surface area (Å²) in [5.41, 5.74) is 0.347. The van der Waals surface area contributed by atoms with Gasteiger partial charge in [0.2, 0.25) is 0 Å². The van der Waals surface area contributed by atoms with E-state index in [4.69, 9.17) is 9.47 Å². The molecule has 0 aliphatic heterocycles. The highest BCUT2D eigenvalue weighted by atomic mass is 32.2. The number of halogens is 1. The Balaban J connectivity index is 2.24. The van der Waals surface area contributed by atoms with Crippen molar-refractivity contribution in [2.75, 3.05) is 17.9 Å². The van der Waals surface area contributed by atoms with Gasteiger partial charge in [0.05, 0.1) is 23.8 Å². The Morgan fingerprint density at radius 3 is 2.12 bits per heavy atom. The molecule has 7 heteroatoms. The highest BCUT2D eigenvalue weighted by Gasteiger charge is 2.16. The second-order valence-electron chi connectivity index (χ2n) is 5.42. The van der Waals surface area contributed by atoms with Crippen LogP contribution in [0.2, 0.25) is 0 Å². The van der Waals surface area contributed by atoms with Gasteiger partial charge >= 0.3 is 0 Å². The molecule has 0 fully saturated rings. The van der Waals surface area contributed by atoms with Gasteiger partial charge in [-0.15, -0.1) is 0 Å². The van der Waals surface area contributed by atoms with Gasteiger partial charge in [-0.2, -0.15) is 0 Å². The molecule has 0 spiro atoms. The van der Waals surface area contributed by atoms with Crippen LogP contribution in [-0.4, -0.2) is 21.6 Å². The first kappa shape index (κ1) is 19.1. The van der Waals surface area contributed by atoms with Crippen molar-refractivity contribution in [2.24, 2.45) is 0 Å². The minimum Gasteiger partial charge on any atom is -0.490 e. The summed E-state index contributed by atoms with van der Waals surface area (Å²) in [7, 11) is -3.81. The van der Waals surface area contributed by atoms with Gasteiger partial charge in [-0.1, -0.05) is 13.8 Å². The van der Waals surface area contributed by atoms with E-state index in [9.17, 15) is 12.8 Å². The smallest absolute Gasteiger partial charge is 0.261 e. The summed E-state index contributed by atoms with van der Waals surface area (Å²) < 4.78 is 51.5. The van der Waals surface area contributed by atoms with Gasteiger partial charge in [-0.05, 0) is 49.2 Å². The third-order valence-corrected chi connectivity index (χ3v) is 4.64. The van der Waals surface area contributed by atoms with Crippen molar-refractivity contribution < 1.29 is 22.3 Å². The van der Waals surface area contributed by atoms with E-state index in [1.807, 2.05) is 13.8 Å². The van der Waals surface area contributed by atoms with Crippen molar-refractivity contribution in [3.8, 4) is 11.5 Å². The van der Waals surface area contributed by atoms with Crippen molar-refractivity contribution in [1.29, 1.82) is 0 Å². The van der Waals surface area contributed by atoms with Crippen molar-refractivity contribution in [1.82, 2.24) is 0 Å². The van der Waals surface area contributed by atoms with E-state index in [1.165, 1.54) is 12.1 Å². The molecule has 136 valence electrons. The second kappa shape index (κ2) is 8.71. The average molecular weight is 367 g/mol. The fraction of sp³-hybridized carbons (Fsp3) is 0.333. The maximum Gasteiger partial charge on any atom is 0.261 e. The van der Waals surface area contributed by atoms with E-state index in [2.05, 4.69) is 4.72 Å². The molecule has 0 heterocycles. The molecule has 0 aromatic heterocycles. The van der Waals surface area contributed by atoms with Crippen LogP contribution >= 0.6 is 0 Å². The van der Waals surface area contributed by atoms with Crippen LogP contribution in [0.1, 0.15) is 26.7 Å². The van der Waals surface area contributed by atoms with Crippen molar-refractivity contribution in [2.45, 2.75) is 31.6 Å². The first-order valence-electron chi connectivity index (χ1n) is 8.14. The molecular formula is C18H22FNO4S. The lowest BCUT2D eigenvalue weighted by Crippen LogP contribution is -2.13. The molecule has 0 bridgehead atoms. The number of hydrogen-bond donors (Lipinski definition) is 1. The molecule has 2 aromatic carbocycles. The van der Waals surface area contributed by atoms with E-state index < -0.39 is 15.8 Å². The monoisotopic (exact) mass is 367 g/mol. The average Bonchev–Trinajstić information content (AvgIpc) is 2.59. The van der Waals surface area contributed by atoms with Crippen molar-refractivity contribution in [3.63, 3.8) is 0 Å². The van der Waals surface area contributed by atoms with Gasteiger partial charge in [0.15, 0.2) is 11.5 Å². The summed E-state index contributed by atoms with van der Waals surface area (Å²) in [4.78, 5) is -0.0174. The van der Waals surface area contributed by atoms with Gasteiger partial charge in [-0.25, -0.2) is 12.8 Å². The molecule has 2 rings (SSSR count). The third-order valence-electron chi connectivity index (χ3n) is 3.24. The van der Waals surface area contributed by atoms with Crippen LogP contribution in [0.25, 0.3) is 0 Å². The number of ether oxygens (including phenoxy) is 2. The second-order valence-corrected chi connectivity index (χ2v) is 7.10. The first-order chi connectivity index (χ1) is 12.0. The van der Waals surface area contributed by atoms with Gasteiger partial charge in [0.25, 0.3) is 10.0 Å². The molecule has 0 atom stereocenters. The number of benzene rings is 2. The van der Waals surface area contributed by atoms with Crippen LogP contribution < -0.4 is 14.2 Å². The van der Waals surface area contributed by atoms with Crippen LogP contribution in [-0.2, 0) is 10.0 Å². The Bertz CT molecular complexity index is 791. The maximum absolute atomic E-state index is 13.0. The number of rotatable bonds is 9. The van der Waals surface area contributed by atoms with E-state index >= 15 is 0 Å². The molecule has 0 unspecified atom stereocenters. The Morgan fingerprint density at radius 2 is 1.52 bits per heavy atom. The maximum atomic E-state index is 13.0. The minimum atomic E-state index is -3.81. The molecule has 25 heavy (non-hydrogen) atoms. The summed E-state index contributed by atoms with van der Waals surface area (Å²) in [6.45, 7) is 5.02. The van der Waals surface area contributed by atoms with Gasteiger partial charge in [-0.3, -0.25) is 4.72 Å². The fourth-order valence-electron chi connectivity index (χ4n) is 2.06. The zero-order valence-corrected chi connectivity index (χ0v) is 15.1. The summed E-state index contributed by atoms with van der Waals surface area (Å²) in [6, 6.07) is 9.49. The standard InChI is InChI=1S/C18H22FNO4S/c1-3-11-23-17-10-7-15(13-18(17)24-12-4-2)20-25(21,22)16-8-5-14(19)6-9-16/h5-10,13,20H,3-4,11-12H2,1-2H3. The van der Waals surface area contributed by atoms with Crippen LogP contribution in [0.15, 0.2) is 47.4 Å². The zero-order valence-electron chi connectivity index (χ0n) is 14.3. The molecule has 0 aliphatic rings. The van der Waals surface area contributed by atoms with E-state index in [1.54, 1.807) is 18.2 Å². The van der Waals surface area contributed by atoms with Crippen LogP contribution in [0.4, 0.5) is 10.1 Å². The SMILES string of the molecule is CCCOc1ccc(NS(=O)(=O)c2ccc(F)cc2)cc1OCCC. The summed E-state index contributed by atoms with van der Waals surface area (Å²) in [5, 5.41) is 0. The highest BCUT2D eigenvalue weighted by molar-refractivity contribution is 7.92. The zero-order chi connectivity index (χ0) is 18.3. The van der Waals surface area contributed by atoms with E-state index in [-0.39, 0.29) is 4.90 Å². The number of nitrogens with one attached hydrogen (secondary N) is 1. The normalized spacial score (nSPS) is 11.2. The van der Waals surface area contributed by atoms with Gasteiger partial charge in [0.1, 0.15) is 5.82 Å². The molecule has 0 radical (unpaired) electrons. The van der Waals surface area contributed by atoms with Crippen LogP contribution in [0.5, 0.6) is 11.5 Å². The third kappa shape index (κ3) is 5.35. The number of sulfonamides is 1. The molecule has 0 saturated carbocycles.